The molecule has 0 radical (unpaired) electrons. The van der Waals surface area contributed by atoms with Crippen LogP contribution in [0.2, 0.25) is 0 Å². The molecule has 1 fully saturated rings. The summed E-state index contributed by atoms with van der Waals surface area (Å²) in [5.74, 6) is 0.678. The highest BCUT2D eigenvalue weighted by atomic mass is 79.9. The number of ether oxygens (including phenoxy) is 2. The van der Waals surface area contributed by atoms with Crippen LogP contribution in [-0.2, 0) is 17.9 Å². The van der Waals surface area contributed by atoms with E-state index in [2.05, 4.69) is 55.4 Å². The van der Waals surface area contributed by atoms with Gasteiger partial charge in [0, 0.05) is 8.95 Å². The van der Waals surface area contributed by atoms with E-state index in [4.69, 9.17) is 9.47 Å². The average molecular weight is 622 g/mol. The number of fused-ring (bicyclic) bond motifs is 1. The molecular formula is C29H22Br2N2O4. The summed E-state index contributed by atoms with van der Waals surface area (Å²) in [6, 6.07) is 24.9. The van der Waals surface area contributed by atoms with Crippen molar-refractivity contribution in [2.75, 3.05) is 7.11 Å². The van der Waals surface area contributed by atoms with Gasteiger partial charge in [-0.2, -0.15) is 0 Å². The third kappa shape index (κ3) is 5.40. The van der Waals surface area contributed by atoms with Crippen LogP contribution < -0.4 is 14.8 Å². The van der Waals surface area contributed by atoms with E-state index in [1.165, 1.54) is 4.90 Å². The molecule has 0 aliphatic carbocycles. The summed E-state index contributed by atoms with van der Waals surface area (Å²) < 4.78 is 13.3. The Morgan fingerprint density at radius 2 is 1.68 bits per heavy atom. The number of imide groups is 1. The predicted octanol–water partition coefficient (Wildman–Crippen LogP) is 7.05. The van der Waals surface area contributed by atoms with Gasteiger partial charge in [-0.05, 0) is 57.8 Å². The minimum absolute atomic E-state index is 0.181. The van der Waals surface area contributed by atoms with Gasteiger partial charge in [0.2, 0.25) is 0 Å². The first-order chi connectivity index (χ1) is 17.9. The number of methoxy groups -OCH3 is 1. The summed E-state index contributed by atoms with van der Waals surface area (Å²) in [5.41, 5.74) is 2.77. The molecule has 6 nitrogen and oxygen atoms in total. The molecule has 0 aromatic heterocycles. The molecular weight excluding hydrogens is 600 g/mol. The lowest BCUT2D eigenvalue weighted by molar-refractivity contribution is -0.123. The number of rotatable bonds is 7. The molecule has 0 spiro atoms. The number of carbonyl (C=O) groups is 2. The van der Waals surface area contributed by atoms with E-state index in [1.807, 2.05) is 48.5 Å². The maximum absolute atomic E-state index is 13.0. The van der Waals surface area contributed by atoms with Crippen molar-refractivity contribution in [3.8, 4) is 11.5 Å². The molecule has 1 aliphatic rings. The van der Waals surface area contributed by atoms with E-state index < -0.39 is 11.9 Å². The third-order valence-electron chi connectivity index (χ3n) is 6.06. The van der Waals surface area contributed by atoms with E-state index in [1.54, 1.807) is 25.3 Å². The van der Waals surface area contributed by atoms with E-state index in [0.717, 1.165) is 26.4 Å². The summed E-state index contributed by atoms with van der Waals surface area (Å²) in [4.78, 5) is 26.7. The number of nitrogens with zero attached hydrogens (tertiary/aromatic N) is 1. The van der Waals surface area contributed by atoms with Gasteiger partial charge in [-0.15, -0.1) is 0 Å². The predicted molar refractivity (Wildman–Crippen MR) is 150 cm³/mol. The van der Waals surface area contributed by atoms with Crippen LogP contribution in [0.25, 0.3) is 16.8 Å². The Labute approximate surface area is 231 Å². The second-order valence-electron chi connectivity index (χ2n) is 8.46. The van der Waals surface area contributed by atoms with Gasteiger partial charge in [-0.3, -0.25) is 9.69 Å². The van der Waals surface area contributed by atoms with Crippen LogP contribution in [0.1, 0.15) is 16.7 Å². The largest absolute Gasteiger partial charge is 0.493 e. The Bertz CT molecular complexity index is 1530. The summed E-state index contributed by atoms with van der Waals surface area (Å²) >= 11 is 6.96. The molecule has 3 amide bonds. The normalized spacial score (nSPS) is 14.4. The van der Waals surface area contributed by atoms with Gasteiger partial charge in [-0.25, -0.2) is 4.79 Å². The Balaban J connectivity index is 1.36. The second kappa shape index (κ2) is 10.8. The number of nitrogens with one attached hydrogen (secondary N) is 1. The molecule has 1 aliphatic heterocycles. The number of urea groups is 1. The molecule has 4 aromatic rings. The van der Waals surface area contributed by atoms with Gasteiger partial charge in [0.1, 0.15) is 12.3 Å². The first-order valence-corrected chi connectivity index (χ1v) is 13.1. The lowest BCUT2D eigenvalue weighted by Gasteiger charge is -2.14. The lowest BCUT2D eigenvalue weighted by Crippen LogP contribution is -2.30. The standard InChI is InChI=1S/C29H22Br2N2O4/c1-36-26-14-21(13-25-28(34)33(29(35)32-25)16-18-9-11-22(30)12-10-18)24(31)15-27(26)37-17-20-7-4-6-19-5-2-3-8-23(19)20/h2-15H,16-17H2,1H3,(H,32,35)/b25-13+. The highest BCUT2D eigenvalue weighted by Gasteiger charge is 2.33. The summed E-state index contributed by atoms with van der Waals surface area (Å²) in [7, 11) is 1.56. The zero-order valence-electron chi connectivity index (χ0n) is 19.8. The molecule has 37 heavy (non-hydrogen) atoms. The van der Waals surface area contributed by atoms with Crippen LogP contribution in [0, 0.1) is 0 Å². The van der Waals surface area contributed by atoms with Crippen LogP contribution in [0.3, 0.4) is 0 Å². The van der Waals surface area contributed by atoms with Crippen LogP contribution >= 0.6 is 31.9 Å². The van der Waals surface area contributed by atoms with Crippen LogP contribution in [0.5, 0.6) is 11.5 Å². The van der Waals surface area contributed by atoms with E-state index in [0.29, 0.717) is 28.1 Å². The smallest absolute Gasteiger partial charge is 0.329 e. The molecule has 0 unspecified atom stereocenters. The van der Waals surface area contributed by atoms with Crippen molar-refractivity contribution >= 4 is 60.6 Å². The van der Waals surface area contributed by atoms with Crippen LogP contribution in [0.15, 0.2) is 93.5 Å². The lowest BCUT2D eigenvalue weighted by atomic mass is 10.1. The van der Waals surface area contributed by atoms with Crippen molar-refractivity contribution in [2.45, 2.75) is 13.2 Å². The molecule has 0 atom stereocenters. The van der Waals surface area contributed by atoms with Crippen molar-refractivity contribution in [3.05, 3.63) is 110 Å². The number of amides is 3. The minimum atomic E-state index is -0.461. The van der Waals surface area contributed by atoms with Gasteiger partial charge < -0.3 is 14.8 Å². The molecule has 0 saturated carbocycles. The third-order valence-corrected chi connectivity index (χ3v) is 7.28. The topological polar surface area (TPSA) is 67.9 Å². The summed E-state index contributed by atoms with van der Waals surface area (Å²) in [6.45, 7) is 0.547. The number of hydrogen-bond donors (Lipinski definition) is 1. The molecule has 0 bridgehead atoms. The molecule has 8 heteroatoms. The number of hydrogen-bond acceptors (Lipinski definition) is 4. The monoisotopic (exact) mass is 620 g/mol. The number of halogens is 2. The maximum Gasteiger partial charge on any atom is 0.329 e. The Kier molecular flexibility index (Phi) is 7.30. The quantitative estimate of drug-likeness (QED) is 0.177. The Hall–Kier alpha value is -3.62. The fourth-order valence-electron chi connectivity index (χ4n) is 4.15. The van der Waals surface area contributed by atoms with Crippen molar-refractivity contribution in [1.82, 2.24) is 10.2 Å². The van der Waals surface area contributed by atoms with Crippen molar-refractivity contribution in [2.24, 2.45) is 0 Å². The molecule has 1 saturated heterocycles. The molecule has 1 N–H and O–H groups in total. The van der Waals surface area contributed by atoms with Gasteiger partial charge in [0.05, 0.1) is 13.7 Å². The highest BCUT2D eigenvalue weighted by molar-refractivity contribution is 9.10. The van der Waals surface area contributed by atoms with Crippen LogP contribution in [0.4, 0.5) is 4.79 Å². The molecule has 5 rings (SSSR count). The van der Waals surface area contributed by atoms with Gasteiger partial charge in [-0.1, -0.05) is 86.5 Å². The summed E-state index contributed by atoms with van der Waals surface area (Å²) in [5, 5.41) is 4.95. The fraction of sp³-hybridized carbons (Fsp3) is 0.103. The van der Waals surface area contributed by atoms with Crippen molar-refractivity contribution < 1.29 is 19.1 Å². The fourth-order valence-corrected chi connectivity index (χ4v) is 4.85. The maximum atomic E-state index is 13.0. The number of benzene rings is 4. The van der Waals surface area contributed by atoms with Gasteiger partial charge >= 0.3 is 6.03 Å². The van der Waals surface area contributed by atoms with Crippen molar-refractivity contribution in [1.29, 1.82) is 0 Å². The zero-order valence-corrected chi connectivity index (χ0v) is 23.0. The first-order valence-electron chi connectivity index (χ1n) is 11.5. The average Bonchev–Trinajstić information content (AvgIpc) is 3.17. The van der Waals surface area contributed by atoms with Crippen LogP contribution in [-0.4, -0.2) is 23.9 Å². The first kappa shape index (κ1) is 25.0. The second-order valence-corrected chi connectivity index (χ2v) is 10.2. The van der Waals surface area contributed by atoms with E-state index in [-0.39, 0.29) is 12.2 Å². The van der Waals surface area contributed by atoms with Gasteiger partial charge in [0.25, 0.3) is 5.91 Å². The number of carbonyl (C=O) groups excluding carboxylic acids is 2. The van der Waals surface area contributed by atoms with Gasteiger partial charge in [0.15, 0.2) is 11.5 Å². The Morgan fingerprint density at radius 3 is 2.46 bits per heavy atom. The minimum Gasteiger partial charge on any atom is -0.493 e. The molecule has 4 aromatic carbocycles. The molecule has 186 valence electrons. The highest BCUT2D eigenvalue weighted by Crippen LogP contribution is 2.36. The Morgan fingerprint density at radius 1 is 0.919 bits per heavy atom. The summed E-state index contributed by atoms with van der Waals surface area (Å²) in [6.07, 6.45) is 1.63. The van der Waals surface area contributed by atoms with E-state index >= 15 is 0 Å². The molecule has 1 heterocycles. The zero-order chi connectivity index (χ0) is 25.9. The van der Waals surface area contributed by atoms with E-state index in [9.17, 15) is 9.59 Å². The van der Waals surface area contributed by atoms with Crippen molar-refractivity contribution in [3.63, 3.8) is 0 Å². The SMILES string of the molecule is COc1cc(/C=C2/NC(=O)N(Cc3ccc(Br)cc3)C2=O)c(Br)cc1OCc1cccc2ccccc12.